The molecule has 4 nitrogen and oxygen atoms in total. The van der Waals surface area contributed by atoms with Crippen LogP contribution in [-0.2, 0) is 11.3 Å². The first-order valence-corrected chi connectivity index (χ1v) is 9.85. The summed E-state index contributed by atoms with van der Waals surface area (Å²) in [5.41, 5.74) is 2.34. The first-order valence-electron chi connectivity index (χ1n) is 9.05. The standard InChI is InChI=1S/C21H23BrN2O2/c22-18-10-12-19(13-11-18)24-21(26)17-8-6-15(7-9-17)14-23-20(25)16-4-2-1-3-5-16/h6-13,16H,1-5,14H2,(H,23,25)(H,24,26). The molecule has 5 heteroatoms. The Morgan fingerprint density at radius 3 is 2.23 bits per heavy atom. The molecule has 1 aliphatic rings. The lowest BCUT2D eigenvalue weighted by Gasteiger charge is -2.20. The summed E-state index contributed by atoms with van der Waals surface area (Å²) >= 11 is 3.37. The zero-order valence-electron chi connectivity index (χ0n) is 14.6. The Morgan fingerprint density at radius 2 is 1.58 bits per heavy atom. The van der Waals surface area contributed by atoms with Crippen molar-refractivity contribution in [2.45, 2.75) is 38.6 Å². The molecule has 2 aromatic carbocycles. The molecule has 0 spiro atoms. The van der Waals surface area contributed by atoms with E-state index in [9.17, 15) is 9.59 Å². The zero-order valence-corrected chi connectivity index (χ0v) is 16.2. The highest BCUT2D eigenvalue weighted by Crippen LogP contribution is 2.23. The fourth-order valence-electron chi connectivity index (χ4n) is 3.21. The number of carbonyl (C=O) groups is 2. The topological polar surface area (TPSA) is 58.2 Å². The van der Waals surface area contributed by atoms with Crippen molar-refractivity contribution in [3.8, 4) is 0 Å². The third kappa shape index (κ3) is 5.18. The van der Waals surface area contributed by atoms with Gasteiger partial charge < -0.3 is 10.6 Å². The highest BCUT2D eigenvalue weighted by atomic mass is 79.9. The Bertz CT molecular complexity index is 751. The van der Waals surface area contributed by atoms with Crippen molar-refractivity contribution in [1.82, 2.24) is 5.32 Å². The second-order valence-corrected chi connectivity index (χ2v) is 7.63. The first-order chi connectivity index (χ1) is 12.6. The van der Waals surface area contributed by atoms with Crippen LogP contribution in [0.1, 0.15) is 48.0 Å². The van der Waals surface area contributed by atoms with E-state index in [2.05, 4.69) is 26.6 Å². The minimum absolute atomic E-state index is 0.148. The van der Waals surface area contributed by atoms with E-state index in [0.717, 1.165) is 41.4 Å². The van der Waals surface area contributed by atoms with Gasteiger partial charge in [-0.3, -0.25) is 9.59 Å². The molecule has 0 radical (unpaired) electrons. The quantitative estimate of drug-likeness (QED) is 0.730. The van der Waals surface area contributed by atoms with Crippen LogP contribution >= 0.6 is 15.9 Å². The van der Waals surface area contributed by atoms with Gasteiger partial charge in [-0.25, -0.2) is 0 Å². The van der Waals surface area contributed by atoms with Gasteiger partial charge in [-0.15, -0.1) is 0 Å². The van der Waals surface area contributed by atoms with Crippen LogP contribution in [0.2, 0.25) is 0 Å². The summed E-state index contributed by atoms with van der Waals surface area (Å²) in [4.78, 5) is 24.5. The summed E-state index contributed by atoms with van der Waals surface area (Å²) in [6.45, 7) is 0.504. The van der Waals surface area contributed by atoms with E-state index in [1.807, 2.05) is 36.4 Å². The maximum absolute atomic E-state index is 12.3. The van der Waals surface area contributed by atoms with Gasteiger partial charge in [0.05, 0.1) is 0 Å². The number of nitrogens with one attached hydrogen (secondary N) is 2. The van der Waals surface area contributed by atoms with Gasteiger partial charge in [-0.2, -0.15) is 0 Å². The molecule has 0 aromatic heterocycles. The maximum atomic E-state index is 12.3. The van der Waals surface area contributed by atoms with Crippen LogP contribution in [0.5, 0.6) is 0 Å². The molecule has 3 rings (SSSR count). The van der Waals surface area contributed by atoms with Gasteiger partial charge in [0.15, 0.2) is 0 Å². The van der Waals surface area contributed by atoms with Gasteiger partial charge in [0.25, 0.3) is 5.91 Å². The van der Waals surface area contributed by atoms with Gasteiger partial charge >= 0.3 is 0 Å². The van der Waals surface area contributed by atoms with Crippen LogP contribution < -0.4 is 10.6 Å². The SMILES string of the molecule is O=C(Nc1ccc(Br)cc1)c1ccc(CNC(=O)C2CCCCC2)cc1. The largest absolute Gasteiger partial charge is 0.352 e. The van der Waals surface area contributed by atoms with E-state index in [1.54, 1.807) is 12.1 Å². The highest BCUT2D eigenvalue weighted by Gasteiger charge is 2.20. The lowest BCUT2D eigenvalue weighted by Crippen LogP contribution is -2.31. The van der Waals surface area contributed by atoms with Crippen molar-refractivity contribution in [3.63, 3.8) is 0 Å². The number of benzene rings is 2. The second-order valence-electron chi connectivity index (χ2n) is 6.71. The summed E-state index contributed by atoms with van der Waals surface area (Å²) in [6, 6.07) is 14.8. The number of carbonyl (C=O) groups excluding carboxylic acids is 2. The van der Waals surface area contributed by atoms with E-state index in [-0.39, 0.29) is 17.7 Å². The number of hydrogen-bond acceptors (Lipinski definition) is 2. The molecule has 2 aromatic rings. The van der Waals surface area contributed by atoms with Crippen LogP contribution in [0.3, 0.4) is 0 Å². The van der Waals surface area contributed by atoms with Crippen LogP contribution in [-0.4, -0.2) is 11.8 Å². The van der Waals surface area contributed by atoms with Crippen molar-refractivity contribution in [2.24, 2.45) is 5.92 Å². The lowest BCUT2D eigenvalue weighted by atomic mass is 9.88. The minimum atomic E-state index is -0.148. The molecular weight excluding hydrogens is 392 g/mol. The molecule has 0 bridgehead atoms. The summed E-state index contributed by atoms with van der Waals surface area (Å²) in [5, 5.41) is 5.89. The van der Waals surface area contributed by atoms with E-state index in [1.165, 1.54) is 6.42 Å². The fraction of sp³-hybridized carbons (Fsp3) is 0.333. The monoisotopic (exact) mass is 414 g/mol. The molecule has 0 aliphatic heterocycles. The summed E-state index contributed by atoms with van der Waals surface area (Å²) < 4.78 is 0.968. The summed E-state index contributed by atoms with van der Waals surface area (Å²) in [6.07, 6.45) is 5.55. The summed E-state index contributed by atoms with van der Waals surface area (Å²) in [7, 11) is 0. The number of hydrogen-bond donors (Lipinski definition) is 2. The molecule has 1 aliphatic carbocycles. The molecule has 0 saturated heterocycles. The van der Waals surface area contributed by atoms with Gasteiger partial charge in [0.2, 0.25) is 5.91 Å². The van der Waals surface area contributed by atoms with E-state index < -0.39 is 0 Å². The van der Waals surface area contributed by atoms with Gasteiger partial charge in [0, 0.05) is 28.2 Å². The van der Waals surface area contributed by atoms with E-state index >= 15 is 0 Å². The Balaban J connectivity index is 1.51. The number of rotatable bonds is 5. The molecule has 0 atom stereocenters. The first kappa shape index (κ1) is 18.6. The van der Waals surface area contributed by atoms with Crippen LogP contribution in [0.4, 0.5) is 5.69 Å². The Morgan fingerprint density at radius 1 is 0.923 bits per heavy atom. The second kappa shape index (κ2) is 8.99. The molecule has 1 fully saturated rings. The van der Waals surface area contributed by atoms with Crippen molar-refractivity contribution in [2.75, 3.05) is 5.32 Å². The van der Waals surface area contributed by atoms with Crippen LogP contribution in [0.15, 0.2) is 53.0 Å². The van der Waals surface area contributed by atoms with Crippen molar-refractivity contribution in [1.29, 1.82) is 0 Å². The molecule has 136 valence electrons. The summed E-state index contributed by atoms with van der Waals surface area (Å²) in [5.74, 6) is 0.173. The smallest absolute Gasteiger partial charge is 0.255 e. The van der Waals surface area contributed by atoms with E-state index in [4.69, 9.17) is 0 Å². The minimum Gasteiger partial charge on any atom is -0.352 e. The average molecular weight is 415 g/mol. The van der Waals surface area contributed by atoms with Crippen LogP contribution in [0.25, 0.3) is 0 Å². The van der Waals surface area contributed by atoms with Gasteiger partial charge in [-0.05, 0) is 54.8 Å². The van der Waals surface area contributed by atoms with Crippen molar-refractivity contribution < 1.29 is 9.59 Å². The third-order valence-electron chi connectivity index (χ3n) is 4.76. The number of halogens is 1. The van der Waals surface area contributed by atoms with Crippen molar-refractivity contribution >= 4 is 33.4 Å². The Hall–Kier alpha value is -2.14. The maximum Gasteiger partial charge on any atom is 0.255 e. The molecule has 0 heterocycles. The van der Waals surface area contributed by atoms with Gasteiger partial charge in [-0.1, -0.05) is 47.3 Å². The molecular formula is C21H23BrN2O2. The third-order valence-corrected chi connectivity index (χ3v) is 5.29. The number of amides is 2. The highest BCUT2D eigenvalue weighted by molar-refractivity contribution is 9.10. The van der Waals surface area contributed by atoms with Crippen LogP contribution in [0, 0.1) is 5.92 Å². The zero-order chi connectivity index (χ0) is 18.4. The molecule has 1 saturated carbocycles. The Labute approximate surface area is 162 Å². The number of anilines is 1. The Kier molecular flexibility index (Phi) is 6.45. The normalized spacial score (nSPS) is 14.7. The predicted molar refractivity (Wildman–Crippen MR) is 107 cm³/mol. The molecule has 0 unspecified atom stereocenters. The molecule has 2 amide bonds. The van der Waals surface area contributed by atoms with Gasteiger partial charge in [0.1, 0.15) is 0 Å². The fourth-order valence-corrected chi connectivity index (χ4v) is 3.47. The average Bonchev–Trinajstić information content (AvgIpc) is 2.69. The van der Waals surface area contributed by atoms with E-state index in [0.29, 0.717) is 12.1 Å². The lowest BCUT2D eigenvalue weighted by molar-refractivity contribution is -0.126. The predicted octanol–water partition coefficient (Wildman–Crippen LogP) is 4.90. The van der Waals surface area contributed by atoms with Crippen molar-refractivity contribution in [3.05, 3.63) is 64.1 Å². The molecule has 2 N–H and O–H groups in total. The molecule has 26 heavy (non-hydrogen) atoms.